The molecule has 0 aliphatic carbocycles. The molecular weight excluding hydrogens is 386 g/mol. The molecule has 2 aromatic rings. The van der Waals surface area contributed by atoms with Gasteiger partial charge in [-0.15, -0.1) is 0 Å². The van der Waals surface area contributed by atoms with Crippen LogP contribution in [0, 0.1) is 0 Å². The van der Waals surface area contributed by atoms with Crippen LogP contribution >= 0.6 is 31.9 Å². The standard InChI is InChI=1S/C15H13Br2NO2/c1-20-9-10-3-2-4-12(7-10)18-15(19)13-6-5-11(16)8-14(13)17/h2-8H,9H2,1H3,(H,18,19). The number of methoxy groups -OCH3 is 1. The molecule has 2 aromatic carbocycles. The van der Waals surface area contributed by atoms with Crippen LogP contribution in [-0.4, -0.2) is 13.0 Å². The SMILES string of the molecule is COCc1cccc(NC(=O)c2ccc(Br)cc2Br)c1. The third-order valence-electron chi connectivity index (χ3n) is 2.67. The molecule has 0 bridgehead atoms. The maximum absolute atomic E-state index is 12.2. The van der Waals surface area contributed by atoms with Gasteiger partial charge in [-0.05, 0) is 51.8 Å². The number of ether oxygens (including phenoxy) is 1. The Morgan fingerprint density at radius 3 is 2.70 bits per heavy atom. The van der Waals surface area contributed by atoms with Crippen molar-refractivity contribution in [1.82, 2.24) is 0 Å². The Hall–Kier alpha value is -1.17. The van der Waals surface area contributed by atoms with Crippen LogP contribution in [0.25, 0.3) is 0 Å². The van der Waals surface area contributed by atoms with Gasteiger partial charge in [-0.25, -0.2) is 0 Å². The van der Waals surface area contributed by atoms with Crippen molar-refractivity contribution >= 4 is 43.5 Å². The van der Waals surface area contributed by atoms with Gasteiger partial charge in [-0.1, -0.05) is 28.1 Å². The van der Waals surface area contributed by atoms with Crippen LogP contribution in [0.1, 0.15) is 15.9 Å². The zero-order valence-corrected chi connectivity index (χ0v) is 14.0. The minimum Gasteiger partial charge on any atom is -0.380 e. The quantitative estimate of drug-likeness (QED) is 0.816. The second-order valence-corrected chi connectivity index (χ2v) is 5.98. The molecule has 0 fully saturated rings. The Kier molecular flexibility index (Phi) is 5.34. The largest absolute Gasteiger partial charge is 0.380 e. The molecule has 0 unspecified atom stereocenters. The van der Waals surface area contributed by atoms with E-state index in [0.29, 0.717) is 12.2 Å². The summed E-state index contributed by atoms with van der Waals surface area (Å²) < 4.78 is 6.75. The van der Waals surface area contributed by atoms with Gasteiger partial charge in [0.15, 0.2) is 0 Å². The molecule has 0 spiro atoms. The third-order valence-corrected chi connectivity index (χ3v) is 3.82. The predicted octanol–water partition coefficient (Wildman–Crippen LogP) is 4.61. The molecule has 0 aliphatic rings. The van der Waals surface area contributed by atoms with Crippen LogP contribution < -0.4 is 5.32 Å². The Bertz CT molecular complexity index is 629. The number of amides is 1. The highest BCUT2D eigenvalue weighted by Gasteiger charge is 2.10. The van der Waals surface area contributed by atoms with Gasteiger partial charge in [-0.3, -0.25) is 4.79 Å². The number of hydrogen-bond acceptors (Lipinski definition) is 2. The Labute approximate surface area is 134 Å². The van der Waals surface area contributed by atoms with E-state index in [1.807, 2.05) is 36.4 Å². The van der Waals surface area contributed by atoms with Crippen molar-refractivity contribution in [2.45, 2.75) is 6.61 Å². The fourth-order valence-corrected chi connectivity index (χ4v) is 3.00. The number of carbonyl (C=O) groups is 1. The summed E-state index contributed by atoms with van der Waals surface area (Å²) in [5, 5.41) is 2.88. The lowest BCUT2D eigenvalue weighted by molar-refractivity contribution is 0.102. The second kappa shape index (κ2) is 7.02. The molecule has 3 nitrogen and oxygen atoms in total. The first-order chi connectivity index (χ1) is 9.60. The topological polar surface area (TPSA) is 38.3 Å². The normalized spacial score (nSPS) is 10.3. The van der Waals surface area contributed by atoms with Gasteiger partial charge in [0.1, 0.15) is 0 Å². The Morgan fingerprint density at radius 2 is 2.00 bits per heavy atom. The van der Waals surface area contributed by atoms with Crippen LogP contribution in [0.4, 0.5) is 5.69 Å². The minimum absolute atomic E-state index is 0.154. The molecule has 0 aliphatic heterocycles. The number of nitrogens with one attached hydrogen (secondary N) is 1. The molecular formula is C15H13Br2NO2. The maximum Gasteiger partial charge on any atom is 0.256 e. The lowest BCUT2D eigenvalue weighted by atomic mass is 10.2. The minimum atomic E-state index is -0.154. The molecule has 0 saturated heterocycles. The van der Waals surface area contributed by atoms with E-state index < -0.39 is 0 Å². The van der Waals surface area contributed by atoms with Crippen LogP contribution in [0.3, 0.4) is 0 Å². The first kappa shape index (κ1) is 15.2. The summed E-state index contributed by atoms with van der Waals surface area (Å²) in [6, 6.07) is 13.0. The van der Waals surface area contributed by atoms with Crippen LogP contribution in [0.2, 0.25) is 0 Å². The van der Waals surface area contributed by atoms with Crippen LogP contribution in [0.15, 0.2) is 51.4 Å². The molecule has 0 saturated carbocycles. The molecule has 5 heteroatoms. The predicted molar refractivity (Wildman–Crippen MR) is 87.0 cm³/mol. The van der Waals surface area contributed by atoms with Crippen molar-refractivity contribution in [2.24, 2.45) is 0 Å². The van der Waals surface area contributed by atoms with Gasteiger partial charge in [0.05, 0.1) is 12.2 Å². The summed E-state index contributed by atoms with van der Waals surface area (Å²) >= 11 is 6.75. The molecule has 20 heavy (non-hydrogen) atoms. The highest BCUT2D eigenvalue weighted by molar-refractivity contribution is 9.11. The van der Waals surface area contributed by atoms with E-state index in [1.165, 1.54) is 0 Å². The summed E-state index contributed by atoms with van der Waals surface area (Å²) in [7, 11) is 1.64. The average Bonchev–Trinajstić information content (AvgIpc) is 2.39. The van der Waals surface area contributed by atoms with Gasteiger partial charge in [0.2, 0.25) is 0 Å². The molecule has 0 radical (unpaired) electrons. The summed E-state index contributed by atoms with van der Waals surface area (Å²) in [4.78, 5) is 12.2. The lowest BCUT2D eigenvalue weighted by Crippen LogP contribution is -2.12. The molecule has 0 aromatic heterocycles. The summed E-state index contributed by atoms with van der Waals surface area (Å²) in [5.41, 5.74) is 2.35. The molecule has 1 N–H and O–H groups in total. The van der Waals surface area contributed by atoms with Crippen molar-refractivity contribution in [2.75, 3.05) is 12.4 Å². The number of benzene rings is 2. The number of rotatable bonds is 4. The van der Waals surface area contributed by atoms with Crippen molar-refractivity contribution in [3.63, 3.8) is 0 Å². The second-order valence-electron chi connectivity index (χ2n) is 4.21. The third kappa shape index (κ3) is 3.91. The molecule has 0 heterocycles. The number of carbonyl (C=O) groups excluding carboxylic acids is 1. The van der Waals surface area contributed by atoms with Crippen molar-refractivity contribution in [1.29, 1.82) is 0 Å². The zero-order valence-electron chi connectivity index (χ0n) is 10.8. The van der Waals surface area contributed by atoms with Crippen molar-refractivity contribution < 1.29 is 9.53 Å². The first-order valence-electron chi connectivity index (χ1n) is 5.94. The smallest absolute Gasteiger partial charge is 0.256 e. The van der Waals surface area contributed by atoms with Crippen LogP contribution in [-0.2, 0) is 11.3 Å². The van der Waals surface area contributed by atoms with Crippen LogP contribution in [0.5, 0.6) is 0 Å². The van der Waals surface area contributed by atoms with Crippen molar-refractivity contribution in [3.05, 3.63) is 62.5 Å². The molecule has 0 atom stereocenters. The van der Waals surface area contributed by atoms with Gasteiger partial charge >= 0.3 is 0 Å². The monoisotopic (exact) mass is 397 g/mol. The maximum atomic E-state index is 12.2. The van der Waals surface area contributed by atoms with E-state index in [-0.39, 0.29) is 5.91 Å². The van der Waals surface area contributed by atoms with Crippen molar-refractivity contribution in [3.8, 4) is 0 Å². The fourth-order valence-electron chi connectivity index (χ4n) is 1.78. The molecule has 2 rings (SSSR count). The average molecular weight is 399 g/mol. The summed E-state index contributed by atoms with van der Waals surface area (Å²) in [6.07, 6.45) is 0. The highest BCUT2D eigenvalue weighted by Crippen LogP contribution is 2.23. The molecule has 104 valence electrons. The molecule has 1 amide bonds. The van der Waals surface area contributed by atoms with E-state index in [9.17, 15) is 4.79 Å². The number of hydrogen-bond donors (Lipinski definition) is 1. The number of anilines is 1. The first-order valence-corrected chi connectivity index (χ1v) is 7.53. The van der Waals surface area contributed by atoms with E-state index in [0.717, 1.165) is 20.2 Å². The van der Waals surface area contributed by atoms with E-state index in [1.54, 1.807) is 13.2 Å². The van der Waals surface area contributed by atoms with Gasteiger partial charge in [0.25, 0.3) is 5.91 Å². The summed E-state index contributed by atoms with van der Waals surface area (Å²) in [5.74, 6) is -0.154. The zero-order chi connectivity index (χ0) is 14.5. The fraction of sp³-hybridized carbons (Fsp3) is 0.133. The van der Waals surface area contributed by atoms with Gasteiger partial charge in [-0.2, -0.15) is 0 Å². The van der Waals surface area contributed by atoms with Gasteiger partial charge in [0, 0.05) is 21.7 Å². The van der Waals surface area contributed by atoms with E-state index in [2.05, 4.69) is 37.2 Å². The van der Waals surface area contributed by atoms with E-state index in [4.69, 9.17) is 4.74 Å². The Morgan fingerprint density at radius 1 is 1.20 bits per heavy atom. The highest BCUT2D eigenvalue weighted by atomic mass is 79.9. The Balaban J connectivity index is 2.17. The van der Waals surface area contributed by atoms with E-state index >= 15 is 0 Å². The number of halogens is 2. The summed E-state index contributed by atoms with van der Waals surface area (Å²) in [6.45, 7) is 0.520. The lowest BCUT2D eigenvalue weighted by Gasteiger charge is -2.08. The van der Waals surface area contributed by atoms with Gasteiger partial charge < -0.3 is 10.1 Å².